The minimum absolute atomic E-state index is 0.000833. The average molecular weight is 256 g/mol. The fraction of sp³-hybridized carbons (Fsp3) is 0.929. The molecule has 0 aromatic carbocycles. The molecule has 1 rings (SSSR count). The number of nitrogens with zero attached hydrogens (tertiary/aromatic N) is 1. The van der Waals surface area contributed by atoms with Gasteiger partial charge in [-0.1, -0.05) is 46.3 Å². The summed E-state index contributed by atoms with van der Waals surface area (Å²) < 4.78 is 0. The van der Waals surface area contributed by atoms with E-state index in [-0.39, 0.29) is 5.41 Å². The van der Waals surface area contributed by atoms with E-state index in [0.717, 1.165) is 13.0 Å². The van der Waals surface area contributed by atoms with Gasteiger partial charge in [0.25, 0.3) is 0 Å². The quantitative estimate of drug-likeness (QED) is 0.766. The number of nitrogens with two attached hydrogens (primary N) is 1. The largest absolute Gasteiger partial charge is 0.393 e. The summed E-state index contributed by atoms with van der Waals surface area (Å²) in [6, 6.07) is 0. The highest BCUT2D eigenvalue weighted by Gasteiger charge is 2.29. The second kappa shape index (κ2) is 5.66. The topological polar surface area (TPSA) is 29.3 Å². The Labute approximate surface area is 112 Å². The molecule has 1 fully saturated rings. The van der Waals surface area contributed by atoms with Gasteiger partial charge in [0.2, 0.25) is 0 Å². The molecule has 1 saturated heterocycles. The second-order valence-electron chi connectivity index (χ2n) is 6.50. The van der Waals surface area contributed by atoms with E-state index in [1.807, 2.05) is 0 Å². The summed E-state index contributed by atoms with van der Waals surface area (Å²) in [7, 11) is 0. The van der Waals surface area contributed by atoms with Crippen LogP contribution in [0, 0.1) is 10.8 Å². The van der Waals surface area contributed by atoms with Gasteiger partial charge in [-0.05, 0) is 44.3 Å². The highest BCUT2D eigenvalue weighted by molar-refractivity contribution is 7.80. The Morgan fingerprint density at radius 3 is 2.29 bits per heavy atom. The van der Waals surface area contributed by atoms with Gasteiger partial charge < -0.3 is 10.6 Å². The predicted octanol–water partition coefficient (Wildman–Crippen LogP) is 3.20. The molecule has 0 radical (unpaired) electrons. The third-order valence-electron chi connectivity index (χ3n) is 4.64. The van der Waals surface area contributed by atoms with E-state index in [0.29, 0.717) is 10.4 Å². The summed E-state index contributed by atoms with van der Waals surface area (Å²) in [6.45, 7) is 12.6. The molecular formula is C14H28N2S. The maximum absolute atomic E-state index is 5.76. The lowest BCUT2D eigenvalue weighted by atomic mass is 9.78. The van der Waals surface area contributed by atoms with Crippen LogP contribution in [0.4, 0.5) is 0 Å². The molecule has 17 heavy (non-hydrogen) atoms. The zero-order valence-corrected chi connectivity index (χ0v) is 12.7. The Balaban J connectivity index is 2.34. The third-order valence-corrected chi connectivity index (χ3v) is 5.19. The van der Waals surface area contributed by atoms with Crippen molar-refractivity contribution in [2.75, 3.05) is 19.6 Å². The number of likely N-dealkylation sites (tertiary alicyclic amines) is 1. The molecule has 2 nitrogen and oxygen atoms in total. The van der Waals surface area contributed by atoms with Crippen molar-refractivity contribution in [2.45, 2.75) is 53.4 Å². The molecule has 100 valence electrons. The molecule has 0 spiro atoms. The Hall–Kier alpha value is -0.150. The molecule has 0 saturated carbocycles. The maximum atomic E-state index is 5.76. The van der Waals surface area contributed by atoms with Crippen molar-refractivity contribution in [3.05, 3.63) is 0 Å². The smallest absolute Gasteiger partial charge is 0.0784 e. The third kappa shape index (κ3) is 4.22. The predicted molar refractivity (Wildman–Crippen MR) is 79.3 cm³/mol. The molecule has 3 heteroatoms. The van der Waals surface area contributed by atoms with Crippen molar-refractivity contribution in [3.8, 4) is 0 Å². The van der Waals surface area contributed by atoms with E-state index in [9.17, 15) is 0 Å². The van der Waals surface area contributed by atoms with Gasteiger partial charge in [-0.15, -0.1) is 0 Å². The lowest BCUT2D eigenvalue weighted by Crippen LogP contribution is -2.41. The lowest BCUT2D eigenvalue weighted by molar-refractivity contribution is 0.108. The van der Waals surface area contributed by atoms with Crippen LogP contribution in [0.1, 0.15) is 53.4 Å². The van der Waals surface area contributed by atoms with Crippen LogP contribution in [0.25, 0.3) is 0 Å². The number of hydrogen-bond donors (Lipinski definition) is 1. The summed E-state index contributed by atoms with van der Waals surface area (Å²) in [5, 5.41) is 0. The molecule has 0 bridgehead atoms. The van der Waals surface area contributed by atoms with Crippen LogP contribution in [-0.4, -0.2) is 29.5 Å². The van der Waals surface area contributed by atoms with Crippen LogP contribution in [0.5, 0.6) is 0 Å². The van der Waals surface area contributed by atoms with E-state index >= 15 is 0 Å². The highest BCUT2D eigenvalue weighted by Crippen LogP contribution is 2.34. The monoisotopic (exact) mass is 256 g/mol. The van der Waals surface area contributed by atoms with Crippen LogP contribution < -0.4 is 5.73 Å². The minimum Gasteiger partial charge on any atom is -0.393 e. The fourth-order valence-electron chi connectivity index (χ4n) is 2.23. The number of piperidine rings is 1. The van der Waals surface area contributed by atoms with Gasteiger partial charge in [0.05, 0.1) is 4.99 Å². The molecule has 0 amide bonds. The first kappa shape index (κ1) is 14.9. The summed E-state index contributed by atoms with van der Waals surface area (Å²) in [5.74, 6) is 0. The maximum Gasteiger partial charge on any atom is 0.0784 e. The van der Waals surface area contributed by atoms with Gasteiger partial charge in [-0.2, -0.15) is 0 Å². The van der Waals surface area contributed by atoms with Crippen LogP contribution in [0.3, 0.4) is 0 Å². The Morgan fingerprint density at radius 2 is 1.88 bits per heavy atom. The van der Waals surface area contributed by atoms with E-state index in [4.69, 9.17) is 18.0 Å². The van der Waals surface area contributed by atoms with E-state index in [1.54, 1.807) is 0 Å². The highest BCUT2D eigenvalue weighted by atomic mass is 32.1. The minimum atomic E-state index is 0.000833. The molecule has 1 aliphatic heterocycles. The molecule has 0 aromatic rings. The summed E-state index contributed by atoms with van der Waals surface area (Å²) in [4.78, 5) is 3.21. The molecule has 0 unspecified atom stereocenters. The van der Waals surface area contributed by atoms with Crippen LogP contribution in [0.15, 0.2) is 0 Å². The Bertz CT molecular complexity index is 265. The molecule has 1 heterocycles. The van der Waals surface area contributed by atoms with Crippen LogP contribution in [0.2, 0.25) is 0 Å². The molecule has 0 atom stereocenters. The SMILES string of the molecule is CCC1(C)CCN(CCC(C)(C)C(N)=S)CC1. The van der Waals surface area contributed by atoms with Gasteiger partial charge in [-0.25, -0.2) is 0 Å². The lowest BCUT2D eigenvalue weighted by Gasteiger charge is -2.40. The van der Waals surface area contributed by atoms with Gasteiger partial charge >= 0.3 is 0 Å². The first-order chi connectivity index (χ1) is 7.79. The molecule has 0 aliphatic carbocycles. The first-order valence-electron chi connectivity index (χ1n) is 6.81. The zero-order valence-electron chi connectivity index (χ0n) is 11.9. The summed E-state index contributed by atoms with van der Waals surface area (Å²) in [6.07, 6.45) is 5.04. The normalized spacial score (nSPS) is 21.4. The number of rotatable bonds is 5. The Morgan fingerprint density at radius 1 is 1.35 bits per heavy atom. The zero-order chi connectivity index (χ0) is 13.1. The van der Waals surface area contributed by atoms with Gasteiger partial charge in [-0.3, -0.25) is 0 Å². The van der Waals surface area contributed by atoms with E-state index in [1.165, 1.54) is 32.4 Å². The van der Waals surface area contributed by atoms with E-state index < -0.39 is 0 Å². The molecule has 2 N–H and O–H groups in total. The standard InChI is InChI=1S/C14H28N2S/c1-5-14(4)7-10-16(11-8-14)9-6-13(2,3)12(15)17/h5-11H2,1-4H3,(H2,15,17). The van der Waals surface area contributed by atoms with Gasteiger partial charge in [0, 0.05) is 5.41 Å². The molecule has 0 aromatic heterocycles. The Kier molecular flexibility index (Phi) is 4.96. The van der Waals surface area contributed by atoms with Crippen molar-refractivity contribution >= 4 is 17.2 Å². The second-order valence-corrected chi connectivity index (χ2v) is 6.94. The van der Waals surface area contributed by atoms with Crippen LogP contribution >= 0.6 is 12.2 Å². The van der Waals surface area contributed by atoms with Crippen molar-refractivity contribution in [1.29, 1.82) is 0 Å². The fourth-order valence-corrected chi connectivity index (χ4v) is 2.33. The first-order valence-corrected chi connectivity index (χ1v) is 7.22. The molecular weight excluding hydrogens is 228 g/mol. The van der Waals surface area contributed by atoms with E-state index in [2.05, 4.69) is 32.6 Å². The van der Waals surface area contributed by atoms with Crippen molar-refractivity contribution in [3.63, 3.8) is 0 Å². The number of hydrogen-bond acceptors (Lipinski definition) is 2. The van der Waals surface area contributed by atoms with Crippen molar-refractivity contribution in [1.82, 2.24) is 4.90 Å². The number of thiocarbonyl (C=S) groups is 1. The van der Waals surface area contributed by atoms with Gasteiger partial charge in [0.15, 0.2) is 0 Å². The van der Waals surface area contributed by atoms with Gasteiger partial charge in [0.1, 0.15) is 0 Å². The summed E-state index contributed by atoms with van der Waals surface area (Å²) in [5.41, 5.74) is 6.34. The average Bonchev–Trinajstić information content (AvgIpc) is 2.28. The van der Waals surface area contributed by atoms with Crippen molar-refractivity contribution in [2.24, 2.45) is 16.6 Å². The van der Waals surface area contributed by atoms with Crippen LogP contribution in [-0.2, 0) is 0 Å². The summed E-state index contributed by atoms with van der Waals surface area (Å²) >= 11 is 5.11. The van der Waals surface area contributed by atoms with Crippen molar-refractivity contribution < 1.29 is 0 Å². The molecule has 1 aliphatic rings.